The van der Waals surface area contributed by atoms with E-state index in [4.69, 9.17) is 9.15 Å². The van der Waals surface area contributed by atoms with E-state index in [2.05, 4.69) is 35.5 Å². The Morgan fingerprint density at radius 1 is 1.27 bits per heavy atom. The van der Waals surface area contributed by atoms with Crippen LogP contribution in [-0.4, -0.2) is 41.9 Å². The normalized spacial score (nSPS) is 11.2. The zero-order valence-corrected chi connectivity index (χ0v) is 18.5. The Labute approximate surface area is 188 Å². The van der Waals surface area contributed by atoms with E-state index in [0.717, 1.165) is 0 Å². The van der Waals surface area contributed by atoms with Gasteiger partial charge < -0.3 is 24.5 Å². The number of rotatable bonds is 8. The number of halogens is 3. The standard InChI is InChI=1S/C18H20F2N6O3.HI/c1-21-18(23-10-15-24-16(26-25-15)14-4-3-7-28-14)22-9-11-8-12(27-2)5-6-13(11)29-17(19)20;/h3-8,17H,9-10H2,1-2H3,(H2,21,22,23)(H,24,25,26);1H. The molecule has 2 heterocycles. The maximum absolute atomic E-state index is 12.6. The fourth-order valence-electron chi connectivity index (χ4n) is 2.49. The first kappa shape index (κ1) is 23.4. The lowest BCUT2D eigenvalue weighted by Gasteiger charge is -2.15. The highest BCUT2D eigenvalue weighted by Crippen LogP contribution is 2.25. The second kappa shape index (κ2) is 11.3. The van der Waals surface area contributed by atoms with Crippen LogP contribution >= 0.6 is 24.0 Å². The SMILES string of the molecule is CN=C(NCc1nc(-c2ccco2)n[nH]1)NCc1cc(OC)ccc1OC(F)F.I. The summed E-state index contributed by atoms with van der Waals surface area (Å²) in [6.07, 6.45) is 1.54. The van der Waals surface area contributed by atoms with Crippen LogP contribution < -0.4 is 20.1 Å². The number of nitrogens with zero attached hydrogens (tertiary/aromatic N) is 3. The fourth-order valence-corrected chi connectivity index (χ4v) is 2.49. The molecule has 0 unspecified atom stereocenters. The van der Waals surface area contributed by atoms with Gasteiger partial charge in [-0.3, -0.25) is 10.1 Å². The second-order valence-corrected chi connectivity index (χ2v) is 5.71. The third-order valence-corrected chi connectivity index (χ3v) is 3.85. The number of hydrogen-bond donors (Lipinski definition) is 3. The predicted molar refractivity (Wildman–Crippen MR) is 116 cm³/mol. The molecule has 0 aliphatic carbocycles. The molecule has 0 radical (unpaired) electrons. The Morgan fingerprint density at radius 3 is 2.73 bits per heavy atom. The maximum atomic E-state index is 12.6. The van der Waals surface area contributed by atoms with Crippen molar-refractivity contribution >= 4 is 29.9 Å². The van der Waals surface area contributed by atoms with Crippen LogP contribution in [0.5, 0.6) is 11.5 Å². The first-order chi connectivity index (χ1) is 14.1. The summed E-state index contributed by atoms with van der Waals surface area (Å²) in [5.74, 6) is 2.59. The molecule has 0 spiro atoms. The second-order valence-electron chi connectivity index (χ2n) is 5.71. The minimum atomic E-state index is -2.92. The highest BCUT2D eigenvalue weighted by Gasteiger charge is 2.12. The lowest BCUT2D eigenvalue weighted by atomic mass is 10.2. The van der Waals surface area contributed by atoms with E-state index >= 15 is 0 Å². The number of alkyl halides is 2. The van der Waals surface area contributed by atoms with Gasteiger partial charge in [-0.05, 0) is 30.3 Å². The van der Waals surface area contributed by atoms with E-state index in [1.807, 2.05) is 0 Å². The predicted octanol–water partition coefficient (Wildman–Crippen LogP) is 3.16. The van der Waals surface area contributed by atoms with E-state index in [9.17, 15) is 8.78 Å². The number of aromatic amines is 1. The molecule has 9 nitrogen and oxygen atoms in total. The summed E-state index contributed by atoms with van der Waals surface area (Å²) in [5, 5.41) is 13.0. The van der Waals surface area contributed by atoms with Crippen molar-refractivity contribution in [3.8, 4) is 23.1 Å². The molecule has 30 heavy (non-hydrogen) atoms. The molecule has 0 amide bonds. The minimum absolute atomic E-state index is 0. The monoisotopic (exact) mass is 534 g/mol. The molecule has 1 aromatic carbocycles. The van der Waals surface area contributed by atoms with Gasteiger partial charge in [-0.1, -0.05) is 0 Å². The topological polar surface area (TPSA) is 110 Å². The van der Waals surface area contributed by atoms with Gasteiger partial charge in [0.1, 0.15) is 17.3 Å². The number of H-pyrrole nitrogens is 1. The third-order valence-electron chi connectivity index (χ3n) is 3.85. The van der Waals surface area contributed by atoms with Crippen LogP contribution in [0.15, 0.2) is 46.0 Å². The summed E-state index contributed by atoms with van der Waals surface area (Å²) in [6.45, 7) is -2.42. The molecule has 2 aromatic heterocycles. The summed E-state index contributed by atoms with van der Waals surface area (Å²) in [5.41, 5.74) is 0.493. The van der Waals surface area contributed by atoms with Crippen LogP contribution in [0, 0.1) is 0 Å². The number of aromatic nitrogens is 3. The van der Waals surface area contributed by atoms with Gasteiger partial charge in [0, 0.05) is 19.2 Å². The number of nitrogens with one attached hydrogen (secondary N) is 3. The van der Waals surface area contributed by atoms with Crippen molar-refractivity contribution in [2.24, 2.45) is 4.99 Å². The molecule has 12 heteroatoms. The van der Waals surface area contributed by atoms with E-state index in [1.54, 1.807) is 37.6 Å². The Hall–Kier alpha value is -2.90. The number of hydrogen-bond acceptors (Lipinski definition) is 6. The Morgan fingerprint density at radius 2 is 2.07 bits per heavy atom. The molecule has 0 atom stereocenters. The molecule has 162 valence electrons. The molecular formula is C18H21F2IN6O3. The Bertz CT molecular complexity index is 949. The molecule has 0 saturated carbocycles. The van der Waals surface area contributed by atoms with Crippen molar-refractivity contribution in [3.05, 3.63) is 48.0 Å². The molecular weight excluding hydrogens is 513 g/mol. The number of methoxy groups -OCH3 is 1. The number of ether oxygens (including phenoxy) is 2. The lowest BCUT2D eigenvalue weighted by Crippen LogP contribution is -2.36. The van der Waals surface area contributed by atoms with Crippen molar-refractivity contribution in [1.29, 1.82) is 0 Å². The number of benzene rings is 1. The minimum Gasteiger partial charge on any atom is -0.497 e. The number of guanidine groups is 1. The zero-order valence-electron chi connectivity index (χ0n) is 16.2. The molecule has 0 fully saturated rings. The highest BCUT2D eigenvalue weighted by molar-refractivity contribution is 14.0. The zero-order chi connectivity index (χ0) is 20.6. The third kappa shape index (κ3) is 6.30. The molecule has 0 aliphatic heterocycles. The van der Waals surface area contributed by atoms with E-state index < -0.39 is 6.61 Å². The summed E-state index contributed by atoms with van der Waals surface area (Å²) < 4.78 is 40.2. The van der Waals surface area contributed by atoms with Gasteiger partial charge in [0.15, 0.2) is 11.7 Å². The van der Waals surface area contributed by atoms with Crippen LogP contribution in [0.3, 0.4) is 0 Å². The van der Waals surface area contributed by atoms with Crippen LogP contribution in [0.4, 0.5) is 8.78 Å². The molecule has 3 N–H and O–H groups in total. The Kier molecular flexibility index (Phi) is 8.83. The Balaban J connectivity index is 0.00000320. The molecule has 0 saturated heterocycles. The van der Waals surface area contributed by atoms with Crippen molar-refractivity contribution < 1.29 is 22.7 Å². The first-order valence-corrected chi connectivity index (χ1v) is 8.60. The van der Waals surface area contributed by atoms with E-state index in [0.29, 0.717) is 41.2 Å². The fraction of sp³-hybridized carbons (Fsp3) is 0.278. The van der Waals surface area contributed by atoms with Gasteiger partial charge in [-0.2, -0.15) is 8.78 Å². The molecule has 3 aromatic rings. The van der Waals surface area contributed by atoms with Crippen LogP contribution in [0.2, 0.25) is 0 Å². The molecule has 0 bridgehead atoms. The van der Waals surface area contributed by atoms with Gasteiger partial charge >= 0.3 is 6.61 Å². The molecule has 3 rings (SSSR count). The largest absolute Gasteiger partial charge is 0.497 e. The van der Waals surface area contributed by atoms with Gasteiger partial charge in [0.25, 0.3) is 0 Å². The highest BCUT2D eigenvalue weighted by atomic mass is 127. The van der Waals surface area contributed by atoms with Crippen LogP contribution in [0.25, 0.3) is 11.6 Å². The summed E-state index contributed by atoms with van der Waals surface area (Å²) in [6, 6.07) is 8.11. The lowest BCUT2D eigenvalue weighted by molar-refractivity contribution is -0.0505. The van der Waals surface area contributed by atoms with Gasteiger partial charge in [-0.15, -0.1) is 29.1 Å². The van der Waals surface area contributed by atoms with Crippen molar-refractivity contribution in [3.63, 3.8) is 0 Å². The smallest absolute Gasteiger partial charge is 0.387 e. The van der Waals surface area contributed by atoms with Crippen molar-refractivity contribution in [2.75, 3.05) is 14.2 Å². The first-order valence-electron chi connectivity index (χ1n) is 8.60. The van der Waals surface area contributed by atoms with Crippen LogP contribution in [0.1, 0.15) is 11.4 Å². The quantitative estimate of drug-likeness (QED) is 0.232. The maximum Gasteiger partial charge on any atom is 0.387 e. The average Bonchev–Trinajstić information content (AvgIpc) is 3.40. The van der Waals surface area contributed by atoms with Crippen molar-refractivity contribution in [1.82, 2.24) is 25.8 Å². The van der Waals surface area contributed by atoms with Crippen LogP contribution in [-0.2, 0) is 13.1 Å². The van der Waals surface area contributed by atoms with Gasteiger partial charge in [0.2, 0.25) is 5.82 Å². The number of furan rings is 1. The van der Waals surface area contributed by atoms with Gasteiger partial charge in [0.05, 0.1) is 19.9 Å². The summed E-state index contributed by atoms with van der Waals surface area (Å²) in [4.78, 5) is 8.42. The summed E-state index contributed by atoms with van der Waals surface area (Å²) in [7, 11) is 3.08. The van der Waals surface area contributed by atoms with Crippen molar-refractivity contribution in [2.45, 2.75) is 19.7 Å². The van der Waals surface area contributed by atoms with E-state index in [1.165, 1.54) is 13.2 Å². The number of aliphatic imine (C=N–C) groups is 1. The van der Waals surface area contributed by atoms with E-state index in [-0.39, 0.29) is 36.3 Å². The van der Waals surface area contributed by atoms with Gasteiger partial charge in [-0.25, -0.2) is 4.98 Å². The average molecular weight is 534 g/mol. The summed E-state index contributed by atoms with van der Waals surface area (Å²) >= 11 is 0. The molecule has 0 aliphatic rings.